The van der Waals surface area contributed by atoms with E-state index < -0.39 is 11.5 Å². The molecule has 2 aliphatic rings. The summed E-state index contributed by atoms with van der Waals surface area (Å²) in [5.41, 5.74) is -0.806. The molecule has 0 spiro atoms. The highest BCUT2D eigenvalue weighted by atomic mass is 19.3. The lowest BCUT2D eigenvalue weighted by Gasteiger charge is -2.36. The van der Waals surface area contributed by atoms with Crippen LogP contribution in [0.5, 0.6) is 0 Å². The highest BCUT2D eigenvalue weighted by Gasteiger charge is 2.38. The summed E-state index contributed by atoms with van der Waals surface area (Å²) in [6.07, 6.45) is 4.66. The van der Waals surface area contributed by atoms with Crippen LogP contribution in [0.4, 0.5) is 8.78 Å². The zero-order chi connectivity index (χ0) is 15.5. The van der Waals surface area contributed by atoms with Gasteiger partial charge in [0, 0.05) is 25.3 Å². The predicted molar refractivity (Wildman–Crippen MR) is 77.1 cm³/mol. The Morgan fingerprint density at radius 1 is 1.14 bits per heavy atom. The van der Waals surface area contributed by atoms with Gasteiger partial charge in [-0.2, -0.15) is 0 Å². The van der Waals surface area contributed by atoms with Gasteiger partial charge in [0.1, 0.15) is 0 Å². The summed E-state index contributed by atoms with van der Waals surface area (Å²) in [6.45, 7) is 2.42. The van der Waals surface area contributed by atoms with Crippen LogP contribution in [0.2, 0.25) is 0 Å². The molecule has 0 aromatic rings. The molecule has 2 rings (SSSR count). The summed E-state index contributed by atoms with van der Waals surface area (Å²) in [7, 11) is 0. The number of rotatable bonds is 4. The van der Waals surface area contributed by atoms with Crippen LogP contribution in [-0.2, 0) is 4.79 Å². The number of aliphatic hydroxyl groups is 1. The Morgan fingerprint density at radius 2 is 1.71 bits per heavy atom. The molecule has 0 aromatic heterocycles. The van der Waals surface area contributed by atoms with Gasteiger partial charge in [-0.3, -0.25) is 4.79 Å². The Hall–Kier alpha value is -0.710. The predicted octanol–water partition coefficient (Wildman–Crippen LogP) is 3.26. The van der Waals surface area contributed by atoms with Crippen LogP contribution in [0.25, 0.3) is 0 Å². The number of carbonyl (C=O) groups is 1. The van der Waals surface area contributed by atoms with Crippen molar-refractivity contribution in [2.45, 2.75) is 76.2 Å². The molecule has 0 bridgehead atoms. The third-order valence-electron chi connectivity index (χ3n) is 5.29. The second-order valence-electron chi connectivity index (χ2n) is 6.92. The Labute approximate surface area is 125 Å². The lowest BCUT2D eigenvalue weighted by Crippen LogP contribution is -2.47. The van der Waals surface area contributed by atoms with Gasteiger partial charge in [0.2, 0.25) is 11.8 Å². The van der Waals surface area contributed by atoms with Gasteiger partial charge in [0.05, 0.1) is 5.60 Å². The van der Waals surface area contributed by atoms with E-state index in [1.54, 1.807) is 0 Å². The fourth-order valence-corrected chi connectivity index (χ4v) is 3.50. The van der Waals surface area contributed by atoms with Crippen LogP contribution in [0.3, 0.4) is 0 Å². The Morgan fingerprint density at radius 3 is 2.24 bits per heavy atom. The van der Waals surface area contributed by atoms with E-state index in [2.05, 4.69) is 12.2 Å². The van der Waals surface area contributed by atoms with Crippen molar-refractivity contribution in [2.75, 3.05) is 6.54 Å². The van der Waals surface area contributed by atoms with Crippen molar-refractivity contribution >= 4 is 5.91 Å². The minimum atomic E-state index is -2.60. The fourth-order valence-electron chi connectivity index (χ4n) is 3.50. The molecule has 122 valence electrons. The first-order chi connectivity index (χ1) is 9.84. The van der Waals surface area contributed by atoms with E-state index in [1.165, 1.54) is 0 Å². The molecule has 0 aliphatic heterocycles. The van der Waals surface area contributed by atoms with Gasteiger partial charge < -0.3 is 10.4 Å². The van der Waals surface area contributed by atoms with Crippen LogP contribution >= 0.6 is 0 Å². The number of hydrogen-bond donors (Lipinski definition) is 2. The minimum absolute atomic E-state index is 0.170. The Kier molecular flexibility index (Phi) is 5.23. The van der Waals surface area contributed by atoms with E-state index >= 15 is 0 Å². The zero-order valence-corrected chi connectivity index (χ0v) is 12.8. The smallest absolute Gasteiger partial charge is 0.248 e. The minimum Gasteiger partial charge on any atom is -0.388 e. The molecule has 0 aromatic carbocycles. The molecule has 2 saturated carbocycles. The van der Waals surface area contributed by atoms with Crippen molar-refractivity contribution in [3.63, 3.8) is 0 Å². The second kappa shape index (κ2) is 6.59. The summed E-state index contributed by atoms with van der Waals surface area (Å²) in [5.74, 6) is -2.41. The van der Waals surface area contributed by atoms with E-state index in [9.17, 15) is 18.7 Å². The van der Waals surface area contributed by atoms with Crippen LogP contribution < -0.4 is 5.32 Å². The molecule has 21 heavy (non-hydrogen) atoms. The average Bonchev–Trinajstić information content (AvgIpc) is 2.46. The Bertz CT molecular complexity index is 355. The van der Waals surface area contributed by atoms with Gasteiger partial charge in [0.15, 0.2) is 0 Å². The molecule has 0 saturated heterocycles. The van der Waals surface area contributed by atoms with Crippen molar-refractivity contribution in [3.05, 3.63) is 0 Å². The number of nitrogens with one attached hydrogen (secondary N) is 1. The highest BCUT2D eigenvalue weighted by molar-refractivity contribution is 5.78. The highest BCUT2D eigenvalue weighted by Crippen LogP contribution is 2.36. The van der Waals surface area contributed by atoms with E-state index in [0.717, 1.165) is 19.3 Å². The molecule has 0 atom stereocenters. The van der Waals surface area contributed by atoms with Crippen molar-refractivity contribution in [1.82, 2.24) is 5.32 Å². The molecule has 0 radical (unpaired) electrons. The lowest BCUT2D eigenvalue weighted by atomic mass is 9.77. The van der Waals surface area contributed by atoms with Crippen molar-refractivity contribution < 1.29 is 18.7 Å². The lowest BCUT2D eigenvalue weighted by molar-refractivity contribution is -0.130. The average molecular weight is 303 g/mol. The van der Waals surface area contributed by atoms with E-state index in [0.29, 0.717) is 18.8 Å². The van der Waals surface area contributed by atoms with Crippen LogP contribution in [0.15, 0.2) is 0 Å². The van der Waals surface area contributed by atoms with Gasteiger partial charge in [0.25, 0.3) is 0 Å². The standard InChI is InChI=1S/C16H27F2NO2/c1-2-12-3-7-15(21,8-4-12)11-19-14(20)13-5-9-16(17,18)10-6-13/h12-13,21H,2-11H2,1H3,(H,19,20). The molecule has 5 heteroatoms. The normalized spacial score (nSPS) is 33.6. The monoisotopic (exact) mass is 303 g/mol. The second-order valence-corrected chi connectivity index (χ2v) is 6.92. The van der Waals surface area contributed by atoms with Gasteiger partial charge in [-0.1, -0.05) is 13.3 Å². The third-order valence-corrected chi connectivity index (χ3v) is 5.29. The molecule has 2 aliphatic carbocycles. The largest absolute Gasteiger partial charge is 0.388 e. The SMILES string of the molecule is CCC1CCC(O)(CNC(=O)C2CCC(F)(F)CC2)CC1. The van der Waals surface area contributed by atoms with Crippen molar-refractivity contribution in [1.29, 1.82) is 0 Å². The number of hydrogen-bond acceptors (Lipinski definition) is 2. The summed E-state index contributed by atoms with van der Waals surface area (Å²) < 4.78 is 26.2. The third kappa shape index (κ3) is 4.63. The molecular formula is C16H27F2NO2. The first kappa shape index (κ1) is 16.7. The number of carbonyl (C=O) groups excluding carboxylic acids is 1. The van der Waals surface area contributed by atoms with Crippen LogP contribution in [0.1, 0.15) is 64.7 Å². The Balaban J connectivity index is 1.74. The van der Waals surface area contributed by atoms with Gasteiger partial charge in [-0.25, -0.2) is 8.78 Å². The molecule has 0 heterocycles. The summed E-state index contributed by atoms with van der Waals surface area (Å²) >= 11 is 0. The quantitative estimate of drug-likeness (QED) is 0.837. The van der Waals surface area contributed by atoms with E-state index in [1.807, 2.05) is 0 Å². The molecule has 2 N–H and O–H groups in total. The maximum Gasteiger partial charge on any atom is 0.248 e. The maximum absolute atomic E-state index is 13.1. The molecule has 2 fully saturated rings. The fraction of sp³-hybridized carbons (Fsp3) is 0.938. The van der Waals surface area contributed by atoms with Gasteiger partial charge in [-0.15, -0.1) is 0 Å². The summed E-state index contributed by atoms with van der Waals surface area (Å²) in [5, 5.41) is 13.3. The number of alkyl halides is 2. The molecule has 3 nitrogen and oxygen atoms in total. The van der Waals surface area contributed by atoms with E-state index in [-0.39, 0.29) is 44.1 Å². The number of amides is 1. The van der Waals surface area contributed by atoms with Crippen LogP contribution in [-0.4, -0.2) is 29.1 Å². The number of halogens is 2. The van der Waals surface area contributed by atoms with Crippen molar-refractivity contribution in [3.8, 4) is 0 Å². The first-order valence-corrected chi connectivity index (χ1v) is 8.21. The first-order valence-electron chi connectivity index (χ1n) is 8.21. The van der Waals surface area contributed by atoms with E-state index in [4.69, 9.17) is 0 Å². The van der Waals surface area contributed by atoms with Gasteiger partial charge >= 0.3 is 0 Å². The summed E-state index contributed by atoms with van der Waals surface area (Å²) in [6, 6.07) is 0. The van der Waals surface area contributed by atoms with Crippen LogP contribution in [0, 0.1) is 11.8 Å². The zero-order valence-electron chi connectivity index (χ0n) is 12.8. The van der Waals surface area contributed by atoms with Gasteiger partial charge in [-0.05, 0) is 44.4 Å². The maximum atomic E-state index is 13.1. The molecular weight excluding hydrogens is 276 g/mol. The summed E-state index contributed by atoms with van der Waals surface area (Å²) in [4.78, 5) is 12.0. The van der Waals surface area contributed by atoms with Crippen molar-refractivity contribution in [2.24, 2.45) is 11.8 Å². The topological polar surface area (TPSA) is 49.3 Å². The molecule has 1 amide bonds. The molecule has 0 unspecified atom stereocenters.